The van der Waals surface area contributed by atoms with Gasteiger partial charge in [-0.05, 0) is 24.5 Å². The van der Waals surface area contributed by atoms with Crippen molar-refractivity contribution in [1.29, 1.82) is 0 Å². The van der Waals surface area contributed by atoms with Crippen molar-refractivity contribution in [3.8, 4) is 0 Å². The Labute approximate surface area is 141 Å². The van der Waals surface area contributed by atoms with E-state index < -0.39 is 5.60 Å². The molecule has 24 heavy (non-hydrogen) atoms. The molecule has 7 heteroatoms. The number of pyridine rings is 1. The van der Waals surface area contributed by atoms with Gasteiger partial charge in [0.15, 0.2) is 5.60 Å². The molecular weight excluding hydrogens is 308 g/mol. The van der Waals surface area contributed by atoms with Crippen molar-refractivity contribution in [3.05, 3.63) is 30.1 Å². The normalized spacial score (nSPS) is 22.9. The average Bonchev–Trinajstić information content (AvgIpc) is 3.03. The molecule has 1 atom stereocenters. The van der Waals surface area contributed by atoms with Gasteiger partial charge in [0, 0.05) is 38.3 Å². The molecule has 1 saturated heterocycles. The molecule has 0 bridgehead atoms. The van der Waals surface area contributed by atoms with E-state index in [-0.39, 0.29) is 11.8 Å². The summed E-state index contributed by atoms with van der Waals surface area (Å²) in [4.78, 5) is 35.7. The van der Waals surface area contributed by atoms with E-state index >= 15 is 0 Å². The maximum atomic E-state index is 12.3. The molecule has 1 fully saturated rings. The first kappa shape index (κ1) is 16.4. The zero-order valence-electron chi connectivity index (χ0n) is 13.8. The number of aromatic nitrogens is 1. The summed E-state index contributed by atoms with van der Waals surface area (Å²) in [7, 11) is 0. The topological polar surface area (TPSA) is 83.9 Å². The number of likely N-dealkylation sites (tertiary alicyclic amines) is 1. The molecule has 3 heterocycles. The molecular formula is C17H22N4O3. The number of rotatable bonds is 4. The number of amides is 2. The lowest BCUT2D eigenvalue weighted by Crippen LogP contribution is -2.50. The number of hydrogen-bond acceptors (Lipinski definition) is 5. The third-order valence-corrected chi connectivity index (χ3v) is 4.47. The molecule has 3 rings (SSSR count). The smallest absolute Gasteiger partial charge is 0.269 e. The van der Waals surface area contributed by atoms with Crippen LogP contribution in [0.15, 0.2) is 29.7 Å². The number of piperidine rings is 1. The number of nitrogens with one attached hydrogen (secondary N) is 1. The average molecular weight is 330 g/mol. The van der Waals surface area contributed by atoms with Crippen LogP contribution in [0, 0.1) is 0 Å². The monoisotopic (exact) mass is 330 g/mol. The second-order valence-electron chi connectivity index (χ2n) is 6.31. The third kappa shape index (κ3) is 3.55. The minimum Gasteiger partial charge on any atom is -0.386 e. The van der Waals surface area contributed by atoms with Crippen LogP contribution in [0.5, 0.6) is 0 Å². The van der Waals surface area contributed by atoms with Crippen molar-refractivity contribution in [3.63, 3.8) is 0 Å². The molecule has 7 nitrogen and oxygen atoms in total. The van der Waals surface area contributed by atoms with Gasteiger partial charge in [-0.1, -0.05) is 18.1 Å². The van der Waals surface area contributed by atoms with Gasteiger partial charge in [-0.25, -0.2) is 0 Å². The highest BCUT2D eigenvalue weighted by Gasteiger charge is 2.45. The van der Waals surface area contributed by atoms with Crippen molar-refractivity contribution in [2.45, 2.75) is 44.8 Å². The van der Waals surface area contributed by atoms with E-state index in [2.05, 4.69) is 15.5 Å². The fraction of sp³-hybridized carbons (Fsp3) is 0.529. The Morgan fingerprint density at radius 1 is 1.46 bits per heavy atom. The lowest BCUT2D eigenvalue weighted by Gasteiger charge is -2.38. The van der Waals surface area contributed by atoms with Crippen LogP contribution in [0.25, 0.3) is 0 Å². The first-order valence-electron chi connectivity index (χ1n) is 8.32. The Morgan fingerprint density at radius 3 is 3.08 bits per heavy atom. The van der Waals surface area contributed by atoms with Gasteiger partial charge in [-0.15, -0.1) is 0 Å². The zero-order chi connectivity index (χ0) is 17.0. The van der Waals surface area contributed by atoms with Crippen LogP contribution in [-0.2, 0) is 21.0 Å². The molecule has 2 aliphatic heterocycles. The highest BCUT2D eigenvalue weighted by Crippen LogP contribution is 2.33. The highest BCUT2D eigenvalue weighted by molar-refractivity contribution is 6.39. The summed E-state index contributed by atoms with van der Waals surface area (Å²) in [6, 6.07) is 3.73. The SMILES string of the molecule is CCC(=O)N1CCCC2(CC(C(=O)NCc3cccnc3)=NO2)C1. The van der Waals surface area contributed by atoms with E-state index in [1.807, 2.05) is 24.0 Å². The van der Waals surface area contributed by atoms with Crippen LogP contribution in [0.2, 0.25) is 0 Å². The Bertz CT molecular complexity index is 646. The maximum Gasteiger partial charge on any atom is 0.269 e. The summed E-state index contributed by atoms with van der Waals surface area (Å²) in [6.07, 6.45) is 6.00. The molecule has 0 aliphatic carbocycles. The van der Waals surface area contributed by atoms with E-state index in [9.17, 15) is 9.59 Å². The third-order valence-electron chi connectivity index (χ3n) is 4.47. The van der Waals surface area contributed by atoms with E-state index in [1.165, 1.54) is 0 Å². The molecule has 2 aliphatic rings. The van der Waals surface area contributed by atoms with Crippen molar-refractivity contribution < 1.29 is 14.4 Å². The molecule has 1 N–H and O–H groups in total. The van der Waals surface area contributed by atoms with Crippen LogP contribution >= 0.6 is 0 Å². The molecule has 0 aromatic carbocycles. The standard InChI is InChI=1S/C17H22N4O3/c1-2-15(22)21-8-4-6-17(12-21)9-14(20-24-17)16(23)19-11-13-5-3-7-18-10-13/h3,5,7,10H,2,4,6,8-9,11-12H2,1H3,(H,19,23). The predicted molar refractivity (Wildman–Crippen MR) is 88.1 cm³/mol. The highest BCUT2D eigenvalue weighted by atomic mass is 16.7. The van der Waals surface area contributed by atoms with E-state index in [1.54, 1.807) is 12.4 Å². The molecule has 1 spiro atoms. The largest absolute Gasteiger partial charge is 0.386 e. The van der Waals surface area contributed by atoms with Gasteiger partial charge in [0.2, 0.25) is 5.91 Å². The lowest BCUT2D eigenvalue weighted by molar-refractivity contribution is -0.140. The van der Waals surface area contributed by atoms with E-state index in [4.69, 9.17) is 4.84 Å². The van der Waals surface area contributed by atoms with Gasteiger partial charge in [-0.3, -0.25) is 14.6 Å². The maximum absolute atomic E-state index is 12.3. The molecule has 0 saturated carbocycles. The second kappa shape index (κ2) is 6.98. The number of hydrogen-bond donors (Lipinski definition) is 1. The number of carbonyl (C=O) groups is 2. The van der Waals surface area contributed by atoms with Gasteiger partial charge in [0.1, 0.15) is 5.71 Å². The molecule has 1 unspecified atom stereocenters. The fourth-order valence-corrected chi connectivity index (χ4v) is 3.18. The zero-order valence-corrected chi connectivity index (χ0v) is 13.8. The van der Waals surface area contributed by atoms with Gasteiger partial charge in [0.25, 0.3) is 5.91 Å². The minimum absolute atomic E-state index is 0.118. The fourth-order valence-electron chi connectivity index (χ4n) is 3.18. The van der Waals surface area contributed by atoms with Crippen LogP contribution < -0.4 is 5.32 Å². The van der Waals surface area contributed by atoms with Gasteiger partial charge < -0.3 is 15.1 Å². The predicted octanol–water partition coefficient (Wildman–Crippen LogP) is 1.25. The summed E-state index contributed by atoms with van der Waals surface area (Å²) in [5, 5.41) is 6.83. The summed E-state index contributed by atoms with van der Waals surface area (Å²) >= 11 is 0. The van der Waals surface area contributed by atoms with Crippen LogP contribution in [0.4, 0.5) is 0 Å². The molecule has 1 aromatic rings. The van der Waals surface area contributed by atoms with Gasteiger partial charge in [-0.2, -0.15) is 0 Å². The molecule has 0 radical (unpaired) electrons. The number of carbonyl (C=O) groups excluding carboxylic acids is 2. The lowest BCUT2D eigenvalue weighted by atomic mass is 9.88. The van der Waals surface area contributed by atoms with E-state index in [0.29, 0.717) is 31.6 Å². The second-order valence-corrected chi connectivity index (χ2v) is 6.31. The first-order valence-corrected chi connectivity index (χ1v) is 8.32. The van der Waals surface area contributed by atoms with Crippen LogP contribution in [0.3, 0.4) is 0 Å². The van der Waals surface area contributed by atoms with Crippen molar-refractivity contribution in [1.82, 2.24) is 15.2 Å². The summed E-state index contributed by atoms with van der Waals surface area (Å²) < 4.78 is 0. The van der Waals surface area contributed by atoms with Crippen molar-refractivity contribution in [2.24, 2.45) is 5.16 Å². The Morgan fingerprint density at radius 2 is 2.33 bits per heavy atom. The minimum atomic E-state index is -0.538. The van der Waals surface area contributed by atoms with Gasteiger partial charge >= 0.3 is 0 Å². The quantitative estimate of drug-likeness (QED) is 0.900. The Hall–Kier alpha value is -2.44. The number of nitrogens with zero attached hydrogens (tertiary/aromatic N) is 3. The summed E-state index contributed by atoms with van der Waals surface area (Å²) in [6.45, 7) is 3.51. The molecule has 1 aromatic heterocycles. The van der Waals surface area contributed by atoms with Crippen LogP contribution in [0.1, 0.15) is 38.2 Å². The Balaban J connectivity index is 1.56. The summed E-state index contributed by atoms with van der Waals surface area (Å²) in [5.74, 6) is -0.109. The summed E-state index contributed by atoms with van der Waals surface area (Å²) in [5.41, 5.74) is 0.784. The van der Waals surface area contributed by atoms with Crippen LogP contribution in [-0.4, -0.2) is 46.1 Å². The Kier molecular flexibility index (Phi) is 4.78. The van der Waals surface area contributed by atoms with Crippen molar-refractivity contribution in [2.75, 3.05) is 13.1 Å². The van der Waals surface area contributed by atoms with Gasteiger partial charge in [0.05, 0.1) is 6.54 Å². The molecule has 128 valence electrons. The van der Waals surface area contributed by atoms with Crippen molar-refractivity contribution >= 4 is 17.5 Å². The number of oxime groups is 1. The molecule has 2 amide bonds. The van der Waals surface area contributed by atoms with E-state index in [0.717, 1.165) is 24.9 Å². The first-order chi connectivity index (χ1) is 11.6.